The molecular formula is C47H51ClFN9O4. The standard InChI is InChI=1S/C47H51ClFN9O4/c1-53(2)45(61)39-29-37-35(28-36(43(49)44(37)51-39)32-5-3-19-56(30-32)42(60)13-21-57-20-4-18-50-57)31-6-8-33(9-7-31)54-23-14-47(15-24-54)16-25-55(26-17-47)34-10-11-40(38(48)27-34)58-22-12-41(59)52-46(58)62/h4-11,18,20,27-29,51H,3,12-17,19,21-26,30H2,1-2H3,(H,52,59,62). The second kappa shape index (κ2) is 17.0. The number of benzene rings is 3. The number of aromatic amines is 1. The van der Waals surface area contributed by atoms with Gasteiger partial charge in [0.05, 0.1) is 16.2 Å². The summed E-state index contributed by atoms with van der Waals surface area (Å²) in [5.74, 6) is -0.958. The van der Waals surface area contributed by atoms with E-state index in [0.717, 1.165) is 79.9 Å². The van der Waals surface area contributed by atoms with E-state index in [4.69, 9.17) is 11.6 Å². The second-order valence-corrected chi connectivity index (χ2v) is 17.6. The van der Waals surface area contributed by atoms with Gasteiger partial charge in [-0.3, -0.25) is 29.3 Å². The van der Waals surface area contributed by atoms with Gasteiger partial charge in [-0.15, -0.1) is 0 Å². The molecule has 0 radical (unpaired) electrons. The fraction of sp³-hybridized carbons (Fsp3) is 0.383. The number of piperidine rings is 2. The predicted molar refractivity (Wildman–Crippen MR) is 240 cm³/mol. The average Bonchev–Trinajstić information content (AvgIpc) is 3.98. The second-order valence-electron chi connectivity index (χ2n) is 17.2. The monoisotopic (exact) mass is 859 g/mol. The van der Waals surface area contributed by atoms with Crippen LogP contribution in [-0.4, -0.2) is 108 Å². The Morgan fingerprint density at radius 1 is 0.887 bits per heavy atom. The molecule has 4 aliphatic heterocycles. The van der Waals surface area contributed by atoms with Crippen LogP contribution in [0.3, 0.4) is 0 Å². The highest BCUT2D eigenvalue weighted by Gasteiger charge is 2.38. The number of urea groups is 1. The molecule has 2 N–H and O–H groups in total. The van der Waals surface area contributed by atoms with E-state index in [1.807, 2.05) is 42.6 Å². The fourth-order valence-electron chi connectivity index (χ4n) is 9.58. The first-order chi connectivity index (χ1) is 29.9. The molecule has 9 rings (SSSR count). The van der Waals surface area contributed by atoms with E-state index in [2.05, 4.69) is 49.5 Å². The van der Waals surface area contributed by atoms with Gasteiger partial charge in [-0.25, -0.2) is 9.18 Å². The summed E-state index contributed by atoms with van der Waals surface area (Å²) in [5, 5.41) is 7.70. The average molecular weight is 860 g/mol. The van der Waals surface area contributed by atoms with Crippen molar-refractivity contribution in [2.45, 2.75) is 51.5 Å². The lowest BCUT2D eigenvalue weighted by Gasteiger charge is -2.48. The predicted octanol–water partition coefficient (Wildman–Crippen LogP) is 7.57. The van der Waals surface area contributed by atoms with Crippen LogP contribution in [0.5, 0.6) is 0 Å². The molecule has 0 bridgehead atoms. The Hall–Kier alpha value is -6.15. The van der Waals surface area contributed by atoms with Gasteiger partial charge in [-0.05, 0) is 103 Å². The lowest BCUT2D eigenvalue weighted by Crippen LogP contribution is -2.49. The molecule has 62 heavy (non-hydrogen) atoms. The van der Waals surface area contributed by atoms with Crippen LogP contribution in [-0.2, 0) is 16.1 Å². The van der Waals surface area contributed by atoms with Gasteiger partial charge in [-0.1, -0.05) is 29.8 Å². The minimum atomic E-state index is -0.444. The number of fused-ring (bicyclic) bond motifs is 1. The molecule has 0 saturated carbocycles. The van der Waals surface area contributed by atoms with Gasteiger partial charge in [0.25, 0.3) is 5.91 Å². The first-order valence-corrected chi connectivity index (χ1v) is 21.9. The van der Waals surface area contributed by atoms with Crippen LogP contribution in [0.4, 0.5) is 26.2 Å². The lowest BCUT2D eigenvalue weighted by atomic mass is 9.71. The zero-order valence-corrected chi connectivity index (χ0v) is 35.9. The number of rotatable bonds is 9. The molecule has 3 aromatic carbocycles. The van der Waals surface area contributed by atoms with Gasteiger partial charge in [0, 0.05) is 114 Å². The Labute approximate surface area is 365 Å². The molecule has 2 aromatic heterocycles. The Morgan fingerprint density at radius 2 is 1.60 bits per heavy atom. The van der Waals surface area contributed by atoms with Crippen LogP contribution >= 0.6 is 11.6 Å². The molecule has 5 aromatic rings. The van der Waals surface area contributed by atoms with Crippen molar-refractivity contribution in [1.82, 2.24) is 29.9 Å². The van der Waals surface area contributed by atoms with E-state index < -0.39 is 11.8 Å². The van der Waals surface area contributed by atoms with Gasteiger partial charge in [-0.2, -0.15) is 5.10 Å². The summed E-state index contributed by atoms with van der Waals surface area (Å²) in [6.45, 7) is 5.40. The largest absolute Gasteiger partial charge is 0.371 e. The number of anilines is 3. The molecular weight excluding hydrogens is 809 g/mol. The molecule has 0 atom stereocenters. The first-order valence-electron chi connectivity index (χ1n) is 21.5. The minimum Gasteiger partial charge on any atom is -0.371 e. The number of nitrogens with one attached hydrogen (secondary N) is 2. The van der Waals surface area contributed by atoms with Gasteiger partial charge < -0.3 is 24.6 Å². The molecule has 3 saturated heterocycles. The van der Waals surface area contributed by atoms with E-state index in [1.54, 1.807) is 35.9 Å². The third-order valence-electron chi connectivity index (χ3n) is 13.3. The van der Waals surface area contributed by atoms with Crippen LogP contribution in [0, 0.1) is 11.2 Å². The van der Waals surface area contributed by atoms with Crippen molar-refractivity contribution < 1.29 is 23.6 Å². The number of carbonyl (C=O) groups excluding carboxylic acids is 4. The number of amides is 5. The molecule has 3 fully saturated rings. The number of H-pyrrole nitrogens is 1. The molecule has 13 nitrogen and oxygen atoms in total. The number of carbonyl (C=O) groups is 4. The molecule has 0 unspecified atom stereocenters. The summed E-state index contributed by atoms with van der Waals surface area (Å²) in [7, 11) is 3.35. The lowest BCUT2D eigenvalue weighted by molar-refractivity contribution is -0.131. The van der Waals surface area contributed by atoms with Crippen molar-refractivity contribution >= 4 is 68.9 Å². The SMILES string of the molecule is CN(C)C(=O)c1cc2c(-c3ccc(N4CCC5(CC4)CCN(c4ccc(N6CCC(=O)NC6=O)c(Cl)c4)CC5)cc3)cc(C3=CCCN(C(=O)CCn4cccn4)C3)c(F)c2[nH]1. The molecule has 0 aliphatic carbocycles. The Morgan fingerprint density at radius 3 is 2.26 bits per heavy atom. The van der Waals surface area contributed by atoms with Crippen molar-refractivity contribution in [3.05, 3.63) is 101 Å². The van der Waals surface area contributed by atoms with Gasteiger partial charge in [0.2, 0.25) is 11.8 Å². The first kappa shape index (κ1) is 41.2. The molecule has 1 spiro atoms. The summed E-state index contributed by atoms with van der Waals surface area (Å²) in [5.41, 5.74) is 6.53. The highest BCUT2D eigenvalue weighted by molar-refractivity contribution is 6.34. The Bertz CT molecular complexity index is 2550. The van der Waals surface area contributed by atoms with Crippen LogP contribution in [0.15, 0.2) is 79.1 Å². The van der Waals surface area contributed by atoms with Crippen molar-refractivity contribution in [1.29, 1.82) is 0 Å². The summed E-state index contributed by atoms with van der Waals surface area (Å²) in [6, 6.07) is 19.3. The van der Waals surface area contributed by atoms with E-state index in [1.165, 1.54) is 9.80 Å². The number of hydrogen-bond donors (Lipinski definition) is 2. The number of nitrogens with zero attached hydrogens (tertiary/aromatic N) is 7. The number of halogens is 2. The van der Waals surface area contributed by atoms with Gasteiger partial charge in [0.15, 0.2) is 5.82 Å². The zero-order chi connectivity index (χ0) is 43.1. The fourth-order valence-corrected chi connectivity index (χ4v) is 9.85. The van der Waals surface area contributed by atoms with Crippen molar-refractivity contribution in [3.8, 4) is 11.1 Å². The van der Waals surface area contributed by atoms with Crippen LogP contribution < -0.4 is 20.0 Å². The van der Waals surface area contributed by atoms with E-state index in [-0.39, 0.29) is 35.1 Å². The maximum Gasteiger partial charge on any atom is 0.328 e. The van der Waals surface area contributed by atoms with E-state index in [0.29, 0.717) is 66.4 Å². The van der Waals surface area contributed by atoms with Crippen molar-refractivity contribution in [2.75, 3.05) is 74.6 Å². The van der Waals surface area contributed by atoms with Gasteiger partial charge in [0.1, 0.15) is 5.69 Å². The quantitative estimate of drug-likeness (QED) is 0.157. The number of imide groups is 1. The molecule has 5 amide bonds. The minimum absolute atomic E-state index is 0.00381. The number of aryl methyl sites for hydroxylation is 1. The maximum atomic E-state index is 16.6. The summed E-state index contributed by atoms with van der Waals surface area (Å²) < 4.78 is 18.4. The third-order valence-corrected chi connectivity index (χ3v) is 13.6. The summed E-state index contributed by atoms with van der Waals surface area (Å²) in [6.07, 6.45) is 11.1. The Balaban J connectivity index is 0.881. The van der Waals surface area contributed by atoms with Crippen LogP contribution in [0.1, 0.15) is 61.0 Å². The van der Waals surface area contributed by atoms with E-state index >= 15 is 4.39 Å². The molecule has 15 heteroatoms. The molecule has 4 aliphatic rings. The topological polar surface area (TPSA) is 130 Å². The normalized spacial score (nSPS) is 18.0. The summed E-state index contributed by atoms with van der Waals surface area (Å²) >= 11 is 6.69. The zero-order valence-electron chi connectivity index (χ0n) is 35.1. The van der Waals surface area contributed by atoms with Crippen LogP contribution in [0.2, 0.25) is 5.02 Å². The number of hydrogen-bond acceptors (Lipinski definition) is 7. The highest BCUT2D eigenvalue weighted by Crippen LogP contribution is 2.44. The third kappa shape index (κ3) is 8.15. The van der Waals surface area contributed by atoms with Crippen molar-refractivity contribution in [3.63, 3.8) is 0 Å². The smallest absolute Gasteiger partial charge is 0.328 e. The van der Waals surface area contributed by atoms with Gasteiger partial charge >= 0.3 is 6.03 Å². The highest BCUT2D eigenvalue weighted by atomic mass is 35.5. The Kier molecular flexibility index (Phi) is 11.3. The van der Waals surface area contributed by atoms with Crippen LogP contribution in [0.25, 0.3) is 27.6 Å². The van der Waals surface area contributed by atoms with Crippen molar-refractivity contribution in [2.24, 2.45) is 5.41 Å². The number of aromatic nitrogens is 3. The van der Waals surface area contributed by atoms with E-state index in [9.17, 15) is 19.2 Å². The summed E-state index contributed by atoms with van der Waals surface area (Å²) in [4.78, 5) is 63.1. The molecule has 6 heterocycles. The molecule has 322 valence electrons. The maximum absolute atomic E-state index is 16.6.